The Hall–Kier alpha value is -1.51. The molecular formula is C18H28O3. The highest BCUT2D eigenvalue weighted by molar-refractivity contribution is 5.74. The zero-order valence-electron chi connectivity index (χ0n) is 14.5. The van der Waals surface area contributed by atoms with Crippen molar-refractivity contribution in [3.8, 4) is 5.75 Å². The first-order valence-corrected chi connectivity index (χ1v) is 7.35. The number of rotatable bonds is 3. The number of carbonyl (C=O) groups excluding carboxylic acids is 1. The maximum absolute atomic E-state index is 11.5. The topological polar surface area (TPSA) is 35.5 Å². The number of hydrogen-bond acceptors (Lipinski definition) is 3. The first-order chi connectivity index (χ1) is 9.45. The first-order valence-electron chi connectivity index (χ1n) is 7.35. The molecule has 0 aromatic heterocycles. The third-order valence-corrected chi connectivity index (χ3v) is 3.48. The second-order valence-corrected chi connectivity index (χ2v) is 7.53. The quantitative estimate of drug-likeness (QED) is 0.782. The summed E-state index contributed by atoms with van der Waals surface area (Å²) in [6.45, 7) is 14.7. The molecule has 1 aromatic carbocycles. The minimum absolute atomic E-state index is 0.0217. The summed E-state index contributed by atoms with van der Waals surface area (Å²) >= 11 is 0. The molecule has 0 aliphatic carbocycles. The Morgan fingerprint density at radius 1 is 0.952 bits per heavy atom. The highest BCUT2D eigenvalue weighted by atomic mass is 16.6. The zero-order valence-corrected chi connectivity index (χ0v) is 14.5. The molecule has 0 spiro atoms. The van der Waals surface area contributed by atoms with Crippen molar-refractivity contribution in [2.75, 3.05) is 7.11 Å². The molecule has 0 aliphatic heterocycles. The molecule has 0 saturated heterocycles. The van der Waals surface area contributed by atoms with E-state index in [2.05, 4.69) is 47.6 Å². The van der Waals surface area contributed by atoms with Crippen LogP contribution < -0.4 is 4.74 Å². The smallest absolute Gasteiger partial charge is 0.346 e. The van der Waals surface area contributed by atoms with Gasteiger partial charge in [0.25, 0.3) is 0 Å². The minimum Gasteiger partial charge on any atom is -0.479 e. The maximum atomic E-state index is 11.5. The Balaban J connectivity index is 3.23. The number of benzene rings is 1. The highest BCUT2D eigenvalue weighted by Gasteiger charge is 2.22. The van der Waals surface area contributed by atoms with Crippen molar-refractivity contribution < 1.29 is 14.3 Å². The van der Waals surface area contributed by atoms with E-state index in [0.29, 0.717) is 5.75 Å². The van der Waals surface area contributed by atoms with Crippen LogP contribution >= 0.6 is 0 Å². The van der Waals surface area contributed by atoms with Crippen LogP contribution in [0.25, 0.3) is 0 Å². The summed E-state index contributed by atoms with van der Waals surface area (Å²) in [5, 5.41) is 0. The number of carbonyl (C=O) groups is 1. The monoisotopic (exact) mass is 292 g/mol. The van der Waals surface area contributed by atoms with Crippen LogP contribution in [0.15, 0.2) is 18.2 Å². The number of ether oxygens (including phenoxy) is 2. The Bertz CT molecular complexity index is 472. The van der Waals surface area contributed by atoms with Gasteiger partial charge in [-0.3, -0.25) is 0 Å². The Kier molecular flexibility index (Phi) is 5.08. The van der Waals surface area contributed by atoms with Gasteiger partial charge in [0.15, 0.2) is 6.10 Å². The first kappa shape index (κ1) is 17.5. The fourth-order valence-corrected chi connectivity index (χ4v) is 1.95. The molecule has 3 heteroatoms. The van der Waals surface area contributed by atoms with E-state index in [9.17, 15) is 4.79 Å². The predicted molar refractivity (Wildman–Crippen MR) is 85.9 cm³/mol. The Morgan fingerprint density at radius 2 is 1.38 bits per heavy atom. The van der Waals surface area contributed by atoms with Crippen molar-refractivity contribution >= 4 is 5.97 Å². The van der Waals surface area contributed by atoms with Crippen LogP contribution in [-0.2, 0) is 20.4 Å². The molecule has 1 atom stereocenters. The van der Waals surface area contributed by atoms with Crippen molar-refractivity contribution in [3.63, 3.8) is 0 Å². The van der Waals surface area contributed by atoms with Gasteiger partial charge < -0.3 is 9.47 Å². The number of hydrogen-bond donors (Lipinski definition) is 0. The van der Waals surface area contributed by atoms with Gasteiger partial charge in [-0.1, -0.05) is 47.6 Å². The summed E-state index contributed by atoms with van der Waals surface area (Å²) in [5.41, 5.74) is 2.44. The van der Waals surface area contributed by atoms with E-state index in [4.69, 9.17) is 9.47 Å². The fourth-order valence-electron chi connectivity index (χ4n) is 1.95. The predicted octanol–water partition coefficient (Wildman–Crippen LogP) is 4.22. The van der Waals surface area contributed by atoms with Crippen LogP contribution in [0.2, 0.25) is 0 Å². The summed E-state index contributed by atoms with van der Waals surface area (Å²) in [7, 11) is 1.37. The molecule has 0 radical (unpaired) electrons. The number of methoxy groups -OCH3 is 1. The number of esters is 1. The van der Waals surface area contributed by atoms with Crippen molar-refractivity contribution in [3.05, 3.63) is 29.3 Å². The molecule has 1 aromatic rings. The molecular weight excluding hydrogens is 264 g/mol. The van der Waals surface area contributed by atoms with E-state index < -0.39 is 6.10 Å². The average molecular weight is 292 g/mol. The third kappa shape index (κ3) is 4.76. The van der Waals surface area contributed by atoms with Gasteiger partial charge in [-0.25, -0.2) is 4.79 Å². The SMILES string of the molecule is COC(=O)C(C)Oc1cc(C(C)(C)C)cc(C(C)(C)C)c1. The van der Waals surface area contributed by atoms with Crippen LogP contribution in [0.3, 0.4) is 0 Å². The van der Waals surface area contributed by atoms with E-state index >= 15 is 0 Å². The molecule has 1 unspecified atom stereocenters. The van der Waals surface area contributed by atoms with Gasteiger partial charge in [-0.2, -0.15) is 0 Å². The largest absolute Gasteiger partial charge is 0.479 e. The van der Waals surface area contributed by atoms with Gasteiger partial charge in [0.2, 0.25) is 0 Å². The van der Waals surface area contributed by atoms with Crippen molar-refractivity contribution in [1.29, 1.82) is 0 Å². The lowest BCUT2D eigenvalue weighted by Gasteiger charge is -2.26. The molecule has 0 heterocycles. The Labute approximate surface area is 128 Å². The third-order valence-electron chi connectivity index (χ3n) is 3.48. The summed E-state index contributed by atoms with van der Waals surface area (Å²) in [5.74, 6) is 0.346. The maximum Gasteiger partial charge on any atom is 0.346 e. The van der Waals surface area contributed by atoms with Gasteiger partial charge in [0.1, 0.15) is 5.75 Å². The molecule has 21 heavy (non-hydrogen) atoms. The lowest BCUT2D eigenvalue weighted by molar-refractivity contribution is -0.147. The molecule has 1 rings (SSSR count). The van der Waals surface area contributed by atoms with Crippen molar-refractivity contribution in [2.24, 2.45) is 0 Å². The summed E-state index contributed by atoms with van der Waals surface area (Å²) < 4.78 is 10.5. The van der Waals surface area contributed by atoms with E-state index in [1.807, 2.05) is 12.1 Å². The molecule has 0 N–H and O–H groups in total. The van der Waals surface area contributed by atoms with Gasteiger partial charge in [0.05, 0.1) is 7.11 Å². The molecule has 118 valence electrons. The van der Waals surface area contributed by atoms with Gasteiger partial charge in [-0.15, -0.1) is 0 Å². The molecule has 0 bridgehead atoms. The van der Waals surface area contributed by atoms with E-state index in [0.717, 1.165) is 0 Å². The molecule has 3 nitrogen and oxygen atoms in total. The molecule has 0 saturated carbocycles. The lowest BCUT2D eigenvalue weighted by Crippen LogP contribution is -2.25. The normalized spacial score (nSPS) is 13.7. The van der Waals surface area contributed by atoms with Crippen LogP contribution in [0.4, 0.5) is 0 Å². The zero-order chi connectivity index (χ0) is 16.4. The summed E-state index contributed by atoms with van der Waals surface area (Å²) in [6, 6.07) is 6.24. The van der Waals surface area contributed by atoms with Crippen LogP contribution in [-0.4, -0.2) is 19.2 Å². The second-order valence-electron chi connectivity index (χ2n) is 7.53. The summed E-state index contributed by atoms with van der Waals surface area (Å²) in [6.07, 6.45) is -0.613. The van der Waals surface area contributed by atoms with E-state index in [1.54, 1.807) is 6.92 Å². The molecule has 0 aliphatic rings. The minimum atomic E-state index is -0.613. The average Bonchev–Trinajstić information content (AvgIpc) is 2.35. The molecule has 0 fully saturated rings. The van der Waals surface area contributed by atoms with Crippen molar-refractivity contribution in [2.45, 2.75) is 65.4 Å². The van der Waals surface area contributed by atoms with Gasteiger partial charge in [0, 0.05) is 0 Å². The molecule has 0 amide bonds. The fraction of sp³-hybridized carbons (Fsp3) is 0.611. The van der Waals surface area contributed by atoms with E-state index in [-0.39, 0.29) is 16.8 Å². The highest BCUT2D eigenvalue weighted by Crippen LogP contribution is 2.33. The van der Waals surface area contributed by atoms with Gasteiger partial charge >= 0.3 is 5.97 Å². The van der Waals surface area contributed by atoms with Crippen LogP contribution in [0.1, 0.15) is 59.6 Å². The summed E-state index contributed by atoms with van der Waals surface area (Å²) in [4.78, 5) is 11.5. The Morgan fingerprint density at radius 3 is 1.71 bits per heavy atom. The van der Waals surface area contributed by atoms with Crippen LogP contribution in [0, 0.1) is 0 Å². The standard InChI is InChI=1S/C18H28O3/c1-12(16(19)20-8)21-15-10-13(17(2,3)4)9-14(11-15)18(5,6)7/h9-12H,1-8H3. The van der Waals surface area contributed by atoms with Crippen LogP contribution in [0.5, 0.6) is 5.75 Å². The lowest BCUT2D eigenvalue weighted by atomic mass is 9.80. The second kappa shape index (κ2) is 6.08. The van der Waals surface area contributed by atoms with Gasteiger partial charge in [-0.05, 0) is 41.0 Å². The van der Waals surface area contributed by atoms with E-state index in [1.165, 1.54) is 18.2 Å². The van der Waals surface area contributed by atoms with Crippen molar-refractivity contribution in [1.82, 2.24) is 0 Å².